The Balaban J connectivity index is 1.71. The number of H-pyrrole nitrogens is 1. The Hall–Kier alpha value is -4.18. The molecule has 0 amide bonds. The first-order chi connectivity index (χ1) is 15.5. The van der Waals surface area contributed by atoms with Crippen LogP contribution in [0.1, 0.15) is 17.2 Å². The van der Waals surface area contributed by atoms with Crippen molar-refractivity contribution in [3.05, 3.63) is 86.6 Å². The maximum absolute atomic E-state index is 12.6. The first kappa shape index (κ1) is 21.1. The average Bonchev–Trinajstić information content (AvgIpc) is 3.17. The lowest BCUT2D eigenvalue weighted by Gasteiger charge is -2.14. The van der Waals surface area contributed by atoms with E-state index >= 15 is 0 Å². The zero-order chi connectivity index (χ0) is 22.7. The summed E-state index contributed by atoms with van der Waals surface area (Å²) < 4.78 is 7.89. The number of ether oxygens (including phenoxy) is 1. The van der Waals surface area contributed by atoms with E-state index in [2.05, 4.69) is 20.5 Å². The zero-order valence-corrected chi connectivity index (χ0v) is 17.5. The lowest BCUT2D eigenvalue weighted by Crippen LogP contribution is -2.29. The molecule has 2 aromatic heterocycles. The molecule has 0 fully saturated rings. The molecule has 0 aliphatic carbocycles. The predicted octanol–water partition coefficient (Wildman–Crippen LogP) is 1.61. The van der Waals surface area contributed by atoms with Crippen LogP contribution in [0, 0.1) is 0 Å². The number of benzene rings is 2. The van der Waals surface area contributed by atoms with E-state index in [9.17, 15) is 14.7 Å². The number of anilines is 1. The van der Waals surface area contributed by atoms with E-state index in [0.717, 1.165) is 11.3 Å². The molecule has 164 valence electrons. The summed E-state index contributed by atoms with van der Waals surface area (Å²) >= 11 is 0. The lowest BCUT2D eigenvalue weighted by atomic mass is 10.1. The van der Waals surface area contributed by atoms with Gasteiger partial charge in [0.2, 0.25) is 5.95 Å². The minimum atomic E-state index is -0.906. The Morgan fingerprint density at radius 3 is 2.59 bits per heavy atom. The fourth-order valence-corrected chi connectivity index (χ4v) is 3.31. The van der Waals surface area contributed by atoms with Crippen LogP contribution in [0.5, 0.6) is 5.75 Å². The summed E-state index contributed by atoms with van der Waals surface area (Å²) in [7, 11) is 3.10. The molecule has 1 atom stereocenters. The van der Waals surface area contributed by atoms with E-state index in [-0.39, 0.29) is 23.7 Å². The van der Waals surface area contributed by atoms with Crippen LogP contribution in [0.3, 0.4) is 0 Å². The summed E-state index contributed by atoms with van der Waals surface area (Å²) in [5.74, 6) is 0.943. The minimum Gasteiger partial charge on any atom is -0.497 e. The number of imidazole rings is 1. The molecule has 0 spiro atoms. The van der Waals surface area contributed by atoms with Crippen molar-refractivity contribution in [1.29, 1.82) is 0 Å². The molecule has 0 aliphatic rings. The van der Waals surface area contributed by atoms with Crippen LogP contribution >= 0.6 is 0 Å². The van der Waals surface area contributed by atoms with Crippen LogP contribution < -0.4 is 21.4 Å². The van der Waals surface area contributed by atoms with Crippen molar-refractivity contribution in [2.75, 3.05) is 12.5 Å². The van der Waals surface area contributed by atoms with E-state index in [4.69, 9.17) is 4.74 Å². The molecule has 0 bridgehead atoms. The Morgan fingerprint density at radius 1 is 1.19 bits per heavy atom. The highest BCUT2D eigenvalue weighted by Crippen LogP contribution is 2.21. The molecule has 10 heteroatoms. The van der Waals surface area contributed by atoms with Crippen molar-refractivity contribution in [2.24, 2.45) is 12.1 Å². The summed E-state index contributed by atoms with van der Waals surface area (Å²) in [6, 6.07) is 16.4. The number of aliphatic hydroxyl groups is 1. The fraction of sp³-hybridized carbons (Fsp3) is 0.182. The van der Waals surface area contributed by atoms with Crippen LogP contribution in [-0.2, 0) is 13.6 Å². The number of hydrogen-bond acceptors (Lipinski definition) is 7. The van der Waals surface area contributed by atoms with Crippen molar-refractivity contribution >= 4 is 23.3 Å². The van der Waals surface area contributed by atoms with E-state index in [0.29, 0.717) is 5.56 Å². The number of hydrazone groups is 1. The molecule has 32 heavy (non-hydrogen) atoms. The molecule has 4 rings (SSSR count). The SMILES string of the molecule is COc1ccc(/C=N\Nc2nc3c(c(=O)[nH]c(=O)n3C)n2C[C@H](O)c2ccccc2)cc1. The number of nitrogens with zero attached hydrogens (tertiary/aromatic N) is 4. The topological polar surface area (TPSA) is 127 Å². The van der Waals surface area contributed by atoms with Gasteiger partial charge in [-0.25, -0.2) is 10.2 Å². The highest BCUT2D eigenvalue weighted by Gasteiger charge is 2.20. The number of methoxy groups -OCH3 is 1. The van der Waals surface area contributed by atoms with Crippen molar-refractivity contribution < 1.29 is 9.84 Å². The Morgan fingerprint density at radius 2 is 1.91 bits per heavy atom. The molecule has 0 radical (unpaired) electrons. The second kappa shape index (κ2) is 8.90. The number of aromatic nitrogens is 4. The van der Waals surface area contributed by atoms with E-state index in [1.165, 1.54) is 16.2 Å². The van der Waals surface area contributed by atoms with Gasteiger partial charge in [-0.1, -0.05) is 30.3 Å². The minimum absolute atomic E-state index is 0.0299. The normalized spacial score (nSPS) is 12.3. The van der Waals surface area contributed by atoms with Crippen LogP contribution in [0.15, 0.2) is 69.3 Å². The maximum Gasteiger partial charge on any atom is 0.329 e. The maximum atomic E-state index is 12.6. The summed E-state index contributed by atoms with van der Waals surface area (Å²) in [5, 5.41) is 14.9. The Labute approximate surface area is 182 Å². The first-order valence-corrected chi connectivity index (χ1v) is 9.83. The van der Waals surface area contributed by atoms with Gasteiger partial charge in [-0.05, 0) is 35.4 Å². The molecule has 2 aromatic carbocycles. The van der Waals surface area contributed by atoms with Crippen LogP contribution in [-0.4, -0.2) is 37.5 Å². The summed E-state index contributed by atoms with van der Waals surface area (Å²) in [5.41, 5.74) is 3.48. The predicted molar refractivity (Wildman–Crippen MR) is 121 cm³/mol. The smallest absolute Gasteiger partial charge is 0.329 e. The highest BCUT2D eigenvalue weighted by molar-refractivity contribution is 5.80. The number of rotatable bonds is 7. The van der Waals surface area contributed by atoms with Crippen LogP contribution in [0.2, 0.25) is 0 Å². The van der Waals surface area contributed by atoms with Crippen LogP contribution in [0.4, 0.5) is 5.95 Å². The molecule has 0 aliphatic heterocycles. The second-order valence-electron chi connectivity index (χ2n) is 7.11. The molecule has 4 aromatic rings. The van der Waals surface area contributed by atoms with Gasteiger partial charge in [0.1, 0.15) is 5.75 Å². The largest absolute Gasteiger partial charge is 0.497 e. The van der Waals surface area contributed by atoms with Gasteiger partial charge in [0.25, 0.3) is 5.56 Å². The van der Waals surface area contributed by atoms with Crippen molar-refractivity contribution in [3.8, 4) is 5.75 Å². The molecule has 0 saturated heterocycles. The molecular formula is C22H22N6O4. The van der Waals surface area contributed by atoms with E-state index in [1.54, 1.807) is 25.5 Å². The van der Waals surface area contributed by atoms with Gasteiger partial charge in [-0.3, -0.25) is 18.9 Å². The van der Waals surface area contributed by atoms with E-state index in [1.807, 2.05) is 42.5 Å². The second-order valence-corrected chi connectivity index (χ2v) is 7.11. The highest BCUT2D eigenvalue weighted by atomic mass is 16.5. The number of hydrogen-bond donors (Lipinski definition) is 3. The number of fused-ring (bicyclic) bond motifs is 1. The first-order valence-electron chi connectivity index (χ1n) is 9.83. The fourth-order valence-electron chi connectivity index (χ4n) is 3.31. The number of aromatic amines is 1. The van der Waals surface area contributed by atoms with Gasteiger partial charge in [0.15, 0.2) is 11.2 Å². The monoisotopic (exact) mass is 434 g/mol. The molecule has 10 nitrogen and oxygen atoms in total. The van der Waals surface area contributed by atoms with Gasteiger partial charge >= 0.3 is 5.69 Å². The Bertz CT molecular complexity index is 1370. The number of aliphatic hydroxyl groups excluding tert-OH is 1. The Kier molecular flexibility index (Phi) is 5.86. The standard InChI is InChI=1S/C22H22N6O4/c1-27-19-18(20(30)25-22(27)31)28(13-17(29)15-6-4-3-5-7-15)21(24-19)26-23-12-14-8-10-16(32-2)11-9-14/h3-12,17,29H,13H2,1-2H3,(H,24,26)(H,25,30,31)/b23-12-/t17-/m0/s1. The van der Waals surface area contributed by atoms with Gasteiger partial charge in [-0.15, -0.1) is 0 Å². The van der Waals surface area contributed by atoms with Crippen molar-refractivity contribution in [3.63, 3.8) is 0 Å². The van der Waals surface area contributed by atoms with Gasteiger partial charge < -0.3 is 9.84 Å². The van der Waals surface area contributed by atoms with Gasteiger partial charge in [0.05, 0.1) is 26.0 Å². The third kappa shape index (κ3) is 4.16. The van der Waals surface area contributed by atoms with Gasteiger partial charge in [-0.2, -0.15) is 10.1 Å². The van der Waals surface area contributed by atoms with Gasteiger partial charge in [0, 0.05) is 7.05 Å². The quantitative estimate of drug-likeness (QED) is 0.300. The molecular weight excluding hydrogens is 412 g/mol. The molecule has 0 unspecified atom stereocenters. The zero-order valence-electron chi connectivity index (χ0n) is 17.5. The van der Waals surface area contributed by atoms with E-state index < -0.39 is 17.4 Å². The summed E-state index contributed by atoms with van der Waals surface area (Å²) in [6.07, 6.45) is 0.677. The average molecular weight is 434 g/mol. The molecule has 0 saturated carbocycles. The number of nitrogens with one attached hydrogen (secondary N) is 2. The summed E-state index contributed by atoms with van der Waals surface area (Å²) in [4.78, 5) is 31.2. The number of aryl methyl sites for hydroxylation is 1. The lowest BCUT2D eigenvalue weighted by molar-refractivity contribution is 0.158. The summed E-state index contributed by atoms with van der Waals surface area (Å²) in [6.45, 7) is 0.0299. The molecule has 3 N–H and O–H groups in total. The third-order valence-corrected chi connectivity index (χ3v) is 5.04. The van der Waals surface area contributed by atoms with Crippen molar-refractivity contribution in [1.82, 2.24) is 19.1 Å². The third-order valence-electron chi connectivity index (χ3n) is 5.04. The molecule has 2 heterocycles. The van der Waals surface area contributed by atoms with Crippen molar-refractivity contribution in [2.45, 2.75) is 12.6 Å². The van der Waals surface area contributed by atoms with Crippen LogP contribution in [0.25, 0.3) is 11.2 Å².